The molecule has 0 aliphatic heterocycles. The molecule has 3 aromatic rings. The minimum Gasteiger partial charge on any atom is -0.350 e. The minimum atomic E-state index is -5.12. The third-order valence-corrected chi connectivity index (χ3v) is 6.04. The number of carbonyl (C=O) groups is 1. The van der Waals surface area contributed by atoms with Gasteiger partial charge in [0, 0.05) is 24.5 Å². The number of alkyl halides is 6. The van der Waals surface area contributed by atoms with Crippen LogP contribution in [-0.4, -0.2) is 18.9 Å². The highest BCUT2D eigenvalue weighted by molar-refractivity contribution is 7.89. The monoisotopic (exact) mass is 523 g/mol. The standard InChI is InChI=1S/C21H16F7N3O3S/c1-10-14(9-31(2)18(10)13-5-3-11(22)7-15(13)20(23,24)25)19(32)30-12-4-6-17(35(29,33)34)16(8-12)21(26,27)28/h3-9H,1-2H3,(H,30,32)(H2,29,33,34). The molecule has 0 aliphatic carbocycles. The Hall–Kier alpha value is -3.39. The maximum absolute atomic E-state index is 13.5. The molecular formula is C21H16F7N3O3S. The second kappa shape index (κ2) is 8.68. The number of rotatable bonds is 4. The van der Waals surface area contributed by atoms with E-state index < -0.39 is 61.4 Å². The van der Waals surface area contributed by atoms with E-state index in [9.17, 15) is 43.9 Å². The molecular weight excluding hydrogens is 507 g/mol. The molecule has 1 amide bonds. The molecule has 14 heteroatoms. The lowest BCUT2D eigenvalue weighted by molar-refractivity contribution is -0.140. The maximum atomic E-state index is 13.5. The smallest absolute Gasteiger partial charge is 0.350 e. The van der Waals surface area contributed by atoms with E-state index in [2.05, 4.69) is 5.32 Å². The number of anilines is 1. The van der Waals surface area contributed by atoms with Crippen LogP contribution in [0.2, 0.25) is 0 Å². The number of hydrogen-bond acceptors (Lipinski definition) is 3. The fourth-order valence-corrected chi connectivity index (χ4v) is 4.34. The quantitative estimate of drug-likeness (QED) is 0.468. The number of nitrogens with zero attached hydrogens (tertiary/aromatic N) is 1. The Morgan fingerprint density at radius 1 is 0.971 bits per heavy atom. The third kappa shape index (κ3) is 5.32. The van der Waals surface area contributed by atoms with Crippen molar-refractivity contribution in [3.8, 4) is 11.3 Å². The molecule has 0 bridgehead atoms. The summed E-state index contributed by atoms with van der Waals surface area (Å²) in [7, 11) is -3.39. The number of sulfonamides is 1. The molecule has 0 fully saturated rings. The molecule has 1 heterocycles. The second-order valence-electron chi connectivity index (χ2n) is 7.52. The van der Waals surface area contributed by atoms with E-state index >= 15 is 0 Å². The zero-order valence-corrected chi connectivity index (χ0v) is 18.7. The number of carbonyl (C=O) groups excluding carboxylic acids is 1. The normalized spacial score (nSPS) is 12.6. The lowest BCUT2D eigenvalue weighted by Gasteiger charge is -2.15. The van der Waals surface area contributed by atoms with E-state index in [1.807, 2.05) is 0 Å². The number of primary sulfonamides is 1. The number of nitrogens with two attached hydrogens (primary N) is 1. The van der Waals surface area contributed by atoms with Gasteiger partial charge in [0.15, 0.2) is 0 Å². The zero-order valence-electron chi connectivity index (χ0n) is 17.8. The summed E-state index contributed by atoms with van der Waals surface area (Å²) < 4.78 is 118. The van der Waals surface area contributed by atoms with Crippen LogP contribution in [0.1, 0.15) is 27.0 Å². The third-order valence-electron chi connectivity index (χ3n) is 5.07. The summed E-state index contributed by atoms with van der Waals surface area (Å²) in [5.74, 6) is -2.09. The van der Waals surface area contributed by atoms with Gasteiger partial charge in [0.1, 0.15) is 5.82 Å². The highest BCUT2D eigenvalue weighted by Crippen LogP contribution is 2.40. The Kier molecular flexibility index (Phi) is 6.50. The molecule has 0 atom stereocenters. The van der Waals surface area contributed by atoms with E-state index in [4.69, 9.17) is 5.14 Å². The van der Waals surface area contributed by atoms with E-state index in [0.717, 1.165) is 24.4 Å². The highest BCUT2D eigenvalue weighted by atomic mass is 32.2. The molecule has 188 valence electrons. The molecule has 2 aromatic carbocycles. The number of aromatic nitrogens is 1. The van der Waals surface area contributed by atoms with Gasteiger partial charge >= 0.3 is 12.4 Å². The average molecular weight is 523 g/mol. The number of nitrogens with one attached hydrogen (secondary N) is 1. The molecule has 3 rings (SSSR count). The van der Waals surface area contributed by atoms with Crippen LogP contribution >= 0.6 is 0 Å². The van der Waals surface area contributed by atoms with Gasteiger partial charge in [-0.15, -0.1) is 0 Å². The molecule has 35 heavy (non-hydrogen) atoms. The van der Waals surface area contributed by atoms with Crippen molar-refractivity contribution in [2.75, 3.05) is 5.32 Å². The highest BCUT2D eigenvalue weighted by Gasteiger charge is 2.37. The molecule has 6 nitrogen and oxygen atoms in total. The summed E-state index contributed by atoms with van der Waals surface area (Å²) >= 11 is 0. The van der Waals surface area contributed by atoms with E-state index in [-0.39, 0.29) is 16.8 Å². The number of benzene rings is 2. The molecule has 0 radical (unpaired) electrons. The maximum Gasteiger partial charge on any atom is 0.417 e. The summed E-state index contributed by atoms with van der Waals surface area (Å²) in [4.78, 5) is 11.6. The predicted molar refractivity (Wildman–Crippen MR) is 111 cm³/mol. The summed E-state index contributed by atoms with van der Waals surface area (Å²) in [5, 5.41) is 6.99. The van der Waals surface area contributed by atoms with Crippen molar-refractivity contribution in [1.82, 2.24) is 4.57 Å². The molecule has 0 saturated heterocycles. The first kappa shape index (κ1) is 26.2. The molecule has 0 spiro atoms. The Morgan fingerprint density at radius 2 is 1.57 bits per heavy atom. The lowest BCUT2D eigenvalue weighted by atomic mass is 9.99. The van der Waals surface area contributed by atoms with Crippen LogP contribution in [0, 0.1) is 12.7 Å². The molecule has 1 aromatic heterocycles. The first-order chi connectivity index (χ1) is 15.9. The number of hydrogen-bond donors (Lipinski definition) is 2. The van der Waals surface area contributed by atoms with Crippen molar-refractivity contribution >= 4 is 21.6 Å². The summed E-state index contributed by atoms with van der Waals surface area (Å²) in [6.45, 7) is 1.32. The van der Waals surface area contributed by atoms with Gasteiger partial charge in [-0.25, -0.2) is 17.9 Å². The number of halogens is 7. The van der Waals surface area contributed by atoms with Crippen molar-refractivity contribution in [3.05, 3.63) is 70.7 Å². The summed E-state index contributed by atoms with van der Waals surface area (Å²) in [6, 6.07) is 3.87. The number of aryl methyl sites for hydroxylation is 1. The van der Waals surface area contributed by atoms with Crippen LogP contribution in [0.25, 0.3) is 11.3 Å². The first-order valence-corrected chi connectivity index (χ1v) is 11.0. The van der Waals surface area contributed by atoms with E-state index in [0.29, 0.717) is 18.2 Å². The van der Waals surface area contributed by atoms with Gasteiger partial charge < -0.3 is 9.88 Å². The van der Waals surface area contributed by atoms with Gasteiger partial charge in [0.2, 0.25) is 10.0 Å². The zero-order chi connectivity index (χ0) is 26.5. The van der Waals surface area contributed by atoms with Crippen molar-refractivity contribution in [2.45, 2.75) is 24.2 Å². The van der Waals surface area contributed by atoms with Gasteiger partial charge in [-0.3, -0.25) is 4.79 Å². The van der Waals surface area contributed by atoms with Gasteiger partial charge in [-0.05, 0) is 48.9 Å². The van der Waals surface area contributed by atoms with Crippen molar-refractivity contribution < 1.29 is 43.9 Å². The lowest BCUT2D eigenvalue weighted by Crippen LogP contribution is -2.20. The fourth-order valence-electron chi connectivity index (χ4n) is 3.60. The van der Waals surface area contributed by atoms with Crippen LogP contribution in [-0.2, 0) is 29.4 Å². The molecule has 3 N–H and O–H groups in total. The second-order valence-corrected chi connectivity index (χ2v) is 9.05. The Morgan fingerprint density at radius 3 is 2.11 bits per heavy atom. The summed E-state index contributed by atoms with van der Waals surface area (Å²) in [5.41, 5.74) is -3.93. The van der Waals surface area contributed by atoms with Gasteiger partial charge in [0.05, 0.1) is 27.3 Å². The van der Waals surface area contributed by atoms with Crippen molar-refractivity contribution in [2.24, 2.45) is 12.2 Å². The topological polar surface area (TPSA) is 94.2 Å². The van der Waals surface area contributed by atoms with E-state index in [1.165, 1.54) is 18.5 Å². The number of amides is 1. The average Bonchev–Trinajstić information content (AvgIpc) is 3.00. The SMILES string of the molecule is Cc1c(C(=O)Nc2ccc(S(N)(=O)=O)c(C(F)(F)F)c2)cn(C)c1-c1ccc(F)cc1C(F)(F)F. The van der Waals surface area contributed by atoms with Crippen LogP contribution in [0.4, 0.5) is 36.4 Å². The largest absolute Gasteiger partial charge is 0.417 e. The molecule has 0 unspecified atom stereocenters. The van der Waals surface area contributed by atoms with Gasteiger partial charge in [0.25, 0.3) is 5.91 Å². The Labute approximate surface area is 194 Å². The Bertz CT molecular complexity index is 1430. The van der Waals surface area contributed by atoms with Crippen LogP contribution in [0.3, 0.4) is 0 Å². The van der Waals surface area contributed by atoms with Crippen LogP contribution < -0.4 is 10.5 Å². The molecule has 0 saturated carbocycles. The molecule has 0 aliphatic rings. The Balaban J connectivity index is 2.05. The van der Waals surface area contributed by atoms with Gasteiger partial charge in [-0.2, -0.15) is 26.3 Å². The predicted octanol–water partition coefficient (Wildman–Crippen LogP) is 5.08. The van der Waals surface area contributed by atoms with Crippen molar-refractivity contribution in [3.63, 3.8) is 0 Å². The van der Waals surface area contributed by atoms with Crippen LogP contribution in [0.15, 0.2) is 47.5 Å². The van der Waals surface area contributed by atoms with Crippen LogP contribution in [0.5, 0.6) is 0 Å². The van der Waals surface area contributed by atoms with Crippen molar-refractivity contribution in [1.29, 1.82) is 0 Å². The van der Waals surface area contributed by atoms with Gasteiger partial charge in [-0.1, -0.05) is 0 Å². The summed E-state index contributed by atoms with van der Waals surface area (Å²) in [6.07, 6.45) is -8.86. The minimum absolute atomic E-state index is 0.0410. The fraction of sp³-hybridized carbons (Fsp3) is 0.190. The first-order valence-electron chi connectivity index (χ1n) is 9.49. The van der Waals surface area contributed by atoms with E-state index in [1.54, 1.807) is 0 Å².